The van der Waals surface area contributed by atoms with E-state index in [2.05, 4.69) is 10.6 Å². The zero-order chi connectivity index (χ0) is 17.1. The van der Waals surface area contributed by atoms with Crippen molar-refractivity contribution < 1.29 is 18.7 Å². The minimum absolute atomic E-state index is 0.0840. The maximum atomic E-state index is 13.1. The second-order valence-corrected chi connectivity index (χ2v) is 5.90. The van der Waals surface area contributed by atoms with Gasteiger partial charge in [0, 0.05) is 18.7 Å². The number of hydrogen-bond acceptors (Lipinski definition) is 2. The molecule has 3 N–H and O–H groups in total. The van der Waals surface area contributed by atoms with Crippen LogP contribution < -0.4 is 10.6 Å². The minimum Gasteiger partial charge on any atom is -0.393 e. The molecule has 2 aromatic rings. The Kier molecular flexibility index (Phi) is 4.76. The van der Waals surface area contributed by atoms with Crippen molar-refractivity contribution in [2.24, 2.45) is 0 Å². The van der Waals surface area contributed by atoms with E-state index >= 15 is 0 Å². The molecule has 0 fully saturated rings. The highest BCUT2D eigenvalue weighted by Crippen LogP contribution is 2.28. The fourth-order valence-electron chi connectivity index (χ4n) is 2.89. The molecule has 0 aliphatic heterocycles. The van der Waals surface area contributed by atoms with E-state index in [4.69, 9.17) is 0 Å². The fourth-order valence-corrected chi connectivity index (χ4v) is 2.89. The zero-order valence-electron chi connectivity index (χ0n) is 13.0. The van der Waals surface area contributed by atoms with Gasteiger partial charge < -0.3 is 15.7 Å². The first-order valence-electron chi connectivity index (χ1n) is 7.80. The van der Waals surface area contributed by atoms with Gasteiger partial charge in [-0.05, 0) is 47.7 Å². The van der Waals surface area contributed by atoms with Crippen LogP contribution in [0.5, 0.6) is 0 Å². The van der Waals surface area contributed by atoms with Crippen molar-refractivity contribution in [3.05, 3.63) is 64.7 Å². The predicted octanol–water partition coefficient (Wildman–Crippen LogP) is 3.14. The molecule has 24 heavy (non-hydrogen) atoms. The number of aliphatic hydroxyl groups excluding tert-OH is 1. The van der Waals surface area contributed by atoms with E-state index in [0.717, 1.165) is 36.1 Å². The molecule has 0 radical (unpaired) electrons. The molecule has 1 atom stereocenters. The number of carbonyl (C=O) groups is 1. The van der Waals surface area contributed by atoms with Crippen LogP contribution in [0.2, 0.25) is 0 Å². The number of urea groups is 1. The van der Waals surface area contributed by atoms with Gasteiger partial charge in [0.15, 0.2) is 11.6 Å². The second kappa shape index (κ2) is 6.97. The van der Waals surface area contributed by atoms with Gasteiger partial charge in [0.1, 0.15) is 0 Å². The third-order valence-electron chi connectivity index (χ3n) is 4.14. The van der Waals surface area contributed by atoms with E-state index in [-0.39, 0.29) is 6.54 Å². The van der Waals surface area contributed by atoms with Gasteiger partial charge in [0.05, 0.1) is 6.10 Å². The highest BCUT2D eigenvalue weighted by molar-refractivity contribution is 5.90. The summed E-state index contributed by atoms with van der Waals surface area (Å²) in [6, 6.07) is 8.70. The van der Waals surface area contributed by atoms with Gasteiger partial charge in [-0.25, -0.2) is 13.6 Å². The molecule has 0 saturated heterocycles. The summed E-state index contributed by atoms with van der Waals surface area (Å²) in [5.74, 6) is -1.86. The highest BCUT2D eigenvalue weighted by Gasteiger charge is 2.19. The normalized spacial score (nSPS) is 16.4. The number of aliphatic hydroxyl groups is 1. The van der Waals surface area contributed by atoms with Crippen molar-refractivity contribution in [2.45, 2.75) is 31.9 Å². The summed E-state index contributed by atoms with van der Waals surface area (Å²) in [5, 5.41) is 15.2. The lowest BCUT2D eigenvalue weighted by Crippen LogP contribution is -2.29. The Morgan fingerprint density at radius 1 is 1.21 bits per heavy atom. The van der Waals surface area contributed by atoms with Crippen LogP contribution >= 0.6 is 0 Å². The van der Waals surface area contributed by atoms with Gasteiger partial charge in [-0.1, -0.05) is 18.2 Å². The first-order chi connectivity index (χ1) is 11.5. The van der Waals surface area contributed by atoms with Gasteiger partial charge in [-0.3, -0.25) is 0 Å². The van der Waals surface area contributed by atoms with Crippen molar-refractivity contribution >= 4 is 11.7 Å². The van der Waals surface area contributed by atoms with Gasteiger partial charge in [-0.2, -0.15) is 0 Å². The number of rotatable bonds is 3. The topological polar surface area (TPSA) is 61.4 Å². The average molecular weight is 332 g/mol. The maximum Gasteiger partial charge on any atom is 0.319 e. The Bertz CT molecular complexity index is 765. The molecule has 1 aliphatic carbocycles. The Hall–Kier alpha value is -2.47. The van der Waals surface area contributed by atoms with E-state index in [0.29, 0.717) is 17.7 Å². The highest BCUT2D eigenvalue weighted by atomic mass is 19.2. The third-order valence-corrected chi connectivity index (χ3v) is 4.14. The molecule has 0 spiro atoms. The van der Waals surface area contributed by atoms with Gasteiger partial charge in [0.25, 0.3) is 0 Å². The summed E-state index contributed by atoms with van der Waals surface area (Å²) in [6.45, 7) is 0.0840. The Morgan fingerprint density at radius 3 is 2.83 bits per heavy atom. The van der Waals surface area contributed by atoms with Crippen molar-refractivity contribution in [2.75, 3.05) is 5.32 Å². The molecule has 1 aliphatic rings. The molecule has 0 aromatic heterocycles. The zero-order valence-corrected chi connectivity index (χ0v) is 13.0. The Labute approximate surface area is 138 Å². The van der Waals surface area contributed by atoms with Crippen LogP contribution in [0.3, 0.4) is 0 Å². The van der Waals surface area contributed by atoms with Crippen molar-refractivity contribution in [3.8, 4) is 0 Å². The number of carbonyl (C=O) groups excluding carboxylic acids is 1. The van der Waals surface area contributed by atoms with Crippen LogP contribution in [0.25, 0.3) is 0 Å². The number of benzene rings is 2. The molecule has 4 nitrogen and oxygen atoms in total. The van der Waals surface area contributed by atoms with E-state index < -0.39 is 23.8 Å². The van der Waals surface area contributed by atoms with Gasteiger partial charge in [-0.15, -0.1) is 0 Å². The van der Waals surface area contributed by atoms with Crippen molar-refractivity contribution in [3.63, 3.8) is 0 Å². The molecular weight excluding hydrogens is 314 g/mol. The quantitative estimate of drug-likeness (QED) is 0.809. The van der Waals surface area contributed by atoms with Gasteiger partial charge in [0.2, 0.25) is 0 Å². The number of anilines is 1. The number of halogens is 2. The van der Waals surface area contributed by atoms with Crippen molar-refractivity contribution in [1.29, 1.82) is 0 Å². The number of aryl methyl sites for hydroxylation is 1. The third kappa shape index (κ3) is 3.71. The standard InChI is InChI=1S/C18H18F2N2O2/c19-15-7-4-11(8-16(15)20)10-21-18(24)22-17-3-1-2-12-5-6-13(23)9-14(12)17/h1-4,7-8,13,23H,5-6,9-10H2,(H2,21,22,24). The van der Waals surface area contributed by atoms with Crippen LogP contribution in [0.1, 0.15) is 23.1 Å². The monoisotopic (exact) mass is 332 g/mol. The van der Waals surface area contributed by atoms with Crippen LogP contribution in [0.4, 0.5) is 19.3 Å². The molecule has 0 heterocycles. The molecule has 2 amide bonds. The number of fused-ring (bicyclic) bond motifs is 1. The van der Waals surface area contributed by atoms with Crippen molar-refractivity contribution in [1.82, 2.24) is 5.32 Å². The maximum absolute atomic E-state index is 13.1. The minimum atomic E-state index is -0.944. The first kappa shape index (κ1) is 16.4. The average Bonchev–Trinajstić information content (AvgIpc) is 2.56. The van der Waals surface area contributed by atoms with Crippen LogP contribution in [0, 0.1) is 11.6 Å². The predicted molar refractivity (Wildman–Crippen MR) is 86.7 cm³/mol. The largest absolute Gasteiger partial charge is 0.393 e. The molecule has 0 bridgehead atoms. The molecule has 0 saturated carbocycles. The fraction of sp³-hybridized carbons (Fsp3) is 0.278. The molecule has 3 rings (SSSR count). The number of hydrogen-bond donors (Lipinski definition) is 3. The molecule has 6 heteroatoms. The van der Waals surface area contributed by atoms with Crippen LogP contribution in [-0.2, 0) is 19.4 Å². The van der Waals surface area contributed by atoms with Crippen LogP contribution in [-0.4, -0.2) is 17.2 Å². The Morgan fingerprint density at radius 2 is 2.04 bits per heavy atom. The molecular formula is C18H18F2N2O2. The lowest BCUT2D eigenvalue weighted by atomic mass is 9.88. The Balaban J connectivity index is 1.64. The molecule has 1 unspecified atom stereocenters. The summed E-state index contributed by atoms with van der Waals surface area (Å²) in [7, 11) is 0. The lowest BCUT2D eigenvalue weighted by Gasteiger charge is -2.23. The van der Waals surface area contributed by atoms with Crippen LogP contribution in [0.15, 0.2) is 36.4 Å². The SMILES string of the molecule is O=C(NCc1ccc(F)c(F)c1)Nc1cccc2c1CC(O)CC2. The van der Waals surface area contributed by atoms with E-state index in [1.807, 2.05) is 12.1 Å². The van der Waals surface area contributed by atoms with E-state index in [1.54, 1.807) is 6.07 Å². The summed E-state index contributed by atoms with van der Waals surface area (Å²) in [6.07, 6.45) is 1.61. The summed E-state index contributed by atoms with van der Waals surface area (Å²) in [5.41, 5.74) is 3.20. The lowest BCUT2D eigenvalue weighted by molar-refractivity contribution is 0.159. The number of nitrogens with one attached hydrogen (secondary N) is 2. The van der Waals surface area contributed by atoms with E-state index in [1.165, 1.54) is 6.07 Å². The summed E-state index contributed by atoms with van der Waals surface area (Å²) in [4.78, 5) is 12.1. The van der Waals surface area contributed by atoms with Gasteiger partial charge >= 0.3 is 6.03 Å². The summed E-state index contributed by atoms with van der Waals surface area (Å²) >= 11 is 0. The number of amides is 2. The first-order valence-corrected chi connectivity index (χ1v) is 7.80. The smallest absolute Gasteiger partial charge is 0.319 e. The molecule has 126 valence electrons. The van der Waals surface area contributed by atoms with E-state index in [9.17, 15) is 18.7 Å². The molecule has 2 aromatic carbocycles. The summed E-state index contributed by atoms with van der Waals surface area (Å²) < 4.78 is 26.0. The second-order valence-electron chi connectivity index (χ2n) is 5.90.